The molecular weight excluding hydrogens is 579 g/mol. The van der Waals surface area contributed by atoms with Gasteiger partial charge in [0, 0.05) is 36.5 Å². The quantitative estimate of drug-likeness (QED) is 0.197. The second-order valence-electron chi connectivity index (χ2n) is 12.1. The van der Waals surface area contributed by atoms with Gasteiger partial charge in [-0.2, -0.15) is 0 Å². The Kier molecular flexibility index (Phi) is 4.72. The first kappa shape index (κ1) is 24.5. The van der Waals surface area contributed by atoms with Gasteiger partial charge in [-0.15, -0.1) is 11.3 Å². The Bertz CT molecular complexity index is 2930. The largest absolute Gasteiger partial charge is 0.292 e. The van der Waals surface area contributed by atoms with Gasteiger partial charge in [0.25, 0.3) is 0 Å². The molecule has 0 unspecified atom stereocenters. The van der Waals surface area contributed by atoms with Crippen LogP contribution in [-0.2, 0) is 0 Å². The molecule has 11 rings (SSSR count). The van der Waals surface area contributed by atoms with Crippen molar-refractivity contribution < 1.29 is 0 Å². The van der Waals surface area contributed by atoms with Gasteiger partial charge in [0.15, 0.2) is 5.82 Å². The Morgan fingerprint density at radius 3 is 1.93 bits per heavy atom. The van der Waals surface area contributed by atoms with Crippen LogP contribution in [0.4, 0.5) is 0 Å². The van der Waals surface area contributed by atoms with Gasteiger partial charge in [-0.1, -0.05) is 109 Å². The smallest absolute Gasteiger partial charge is 0.165 e. The summed E-state index contributed by atoms with van der Waals surface area (Å²) in [5.41, 5.74) is 11.1. The van der Waals surface area contributed by atoms with Gasteiger partial charge < -0.3 is 0 Å². The van der Waals surface area contributed by atoms with Gasteiger partial charge in [-0.05, 0) is 63.4 Å². The third-order valence-corrected chi connectivity index (χ3v) is 10.9. The zero-order chi connectivity index (χ0) is 29.9. The topological polar surface area (TPSA) is 30.7 Å². The van der Waals surface area contributed by atoms with Crippen molar-refractivity contribution in [2.45, 2.75) is 0 Å². The fraction of sp³-hybridized carbons (Fsp3) is 0. The highest BCUT2D eigenvalue weighted by Crippen LogP contribution is 2.50. The normalized spacial score (nSPS) is 12.3. The van der Waals surface area contributed by atoms with Gasteiger partial charge in [0.05, 0.1) is 22.1 Å². The standard InChI is InChI=1S/C42H23N3S/c1-2-12-26-25(11-1)28-14-7-10-24-22-23-35-39(37(24)28)38-29(26)15-9-20-34(38)45(35)42-40(43-32-18-4-5-19-33(32)44-42)31-17-8-16-30-27-13-3-6-21-36(27)46-41(30)31/h1-23H. The Morgan fingerprint density at radius 2 is 1.07 bits per heavy atom. The molecule has 212 valence electrons. The molecule has 0 saturated heterocycles. The summed E-state index contributed by atoms with van der Waals surface area (Å²) in [4.78, 5) is 10.9. The van der Waals surface area contributed by atoms with E-state index in [2.05, 4.69) is 132 Å². The molecule has 4 heteroatoms. The van der Waals surface area contributed by atoms with E-state index in [1.54, 1.807) is 0 Å². The Balaban J connectivity index is 1.35. The van der Waals surface area contributed by atoms with E-state index < -0.39 is 0 Å². The minimum atomic E-state index is 0.853. The predicted octanol–water partition coefficient (Wildman–Crippen LogP) is 11.6. The fourth-order valence-corrected chi connectivity index (χ4v) is 9.03. The number of thiophene rings is 1. The van der Waals surface area contributed by atoms with Crippen LogP contribution in [0.2, 0.25) is 0 Å². The fourth-order valence-electron chi connectivity index (χ4n) is 7.82. The Morgan fingerprint density at radius 1 is 0.435 bits per heavy atom. The van der Waals surface area contributed by atoms with Gasteiger partial charge >= 0.3 is 0 Å². The molecule has 0 N–H and O–H groups in total. The summed E-state index contributed by atoms with van der Waals surface area (Å²) >= 11 is 1.83. The minimum Gasteiger partial charge on any atom is -0.292 e. The molecule has 0 bridgehead atoms. The molecule has 7 aromatic carbocycles. The maximum absolute atomic E-state index is 5.45. The molecule has 0 saturated carbocycles. The molecule has 0 radical (unpaired) electrons. The number of benzene rings is 7. The van der Waals surface area contributed by atoms with Crippen LogP contribution in [0.3, 0.4) is 0 Å². The van der Waals surface area contributed by atoms with E-state index in [-0.39, 0.29) is 0 Å². The number of aromatic nitrogens is 3. The lowest BCUT2D eigenvalue weighted by atomic mass is 9.93. The Labute approximate surface area is 267 Å². The number of fused-ring (bicyclic) bond motifs is 7. The van der Waals surface area contributed by atoms with E-state index in [9.17, 15) is 0 Å². The first-order valence-electron chi connectivity index (χ1n) is 15.6. The summed E-state index contributed by atoms with van der Waals surface area (Å²) in [6.45, 7) is 0. The van der Waals surface area contributed by atoms with Crippen molar-refractivity contribution in [3.63, 3.8) is 0 Å². The third kappa shape index (κ3) is 3.11. The second kappa shape index (κ2) is 8.87. The van der Waals surface area contributed by atoms with Crippen molar-refractivity contribution in [2.24, 2.45) is 0 Å². The molecule has 3 nitrogen and oxygen atoms in total. The van der Waals surface area contributed by atoms with E-state index in [1.165, 1.54) is 64.0 Å². The first-order valence-corrected chi connectivity index (χ1v) is 16.4. The molecule has 0 aliphatic heterocycles. The van der Waals surface area contributed by atoms with Gasteiger partial charge in [-0.3, -0.25) is 4.57 Å². The van der Waals surface area contributed by atoms with Gasteiger partial charge in [0.2, 0.25) is 0 Å². The average Bonchev–Trinajstić information content (AvgIpc) is 3.63. The highest BCUT2D eigenvalue weighted by Gasteiger charge is 2.27. The van der Waals surface area contributed by atoms with Crippen molar-refractivity contribution in [3.8, 4) is 39.3 Å². The van der Waals surface area contributed by atoms with Crippen LogP contribution < -0.4 is 0 Å². The molecule has 0 fully saturated rings. The second-order valence-corrected chi connectivity index (χ2v) is 13.2. The van der Waals surface area contributed by atoms with Crippen molar-refractivity contribution in [2.75, 3.05) is 0 Å². The van der Waals surface area contributed by atoms with Gasteiger partial charge in [0.1, 0.15) is 5.69 Å². The molecule has 1 aliphatic rings. The molecule has 10 aromatic rings. The molecule has 0 spiro atoms. The van der Waals surface area contributed by atoms with Crippen molar-refractivity contribution in [1.82, 2.24) is 14.5 Å². The number of nitrogens with zero attached hydrogens (tertiary/aromatic N) is 3. The molecule has 3 aromatic heterocycles. The van der Waals surface area contributed by atoms with Crippen LogP contribution >= 0.6 is 11.3 Å². The van der Waals surface area contributed by atoms with E-state index in [1.807, 2.05) is 23.5 Å². The van der Waals surface area contributed by atoms with Crippen molar-refractivity contribution in [1.29, 1.82) is 0 Å². The molecule has 1 aliphatic carbocycles. The van der Waals surface area contributed by atoms with Crippen LogP contribution in [0.1, 0.15) is 0 Å². The van der Waals surface area contributed by atoms with Crippen LogP contribution in [-0.4, -0.2) is 14.5 Å². The number of para-hydroxylation sites is 2. The summed E-state index contributed by atoms with van der Waals surface area (Å²) in [6.07, 6.45) is 0. The number of rotatable bonds is 2. The summed E-state index contributed by atoms with van der Waals surface area (Å²) in [7, 11) is 0. The zero-order valence-corrected chi connectivity index (χ0v) is 25.3. The maximum Gasteiger partial charge on any atom is 0.165 e. The lowest BCUT2D eigenvalue weighted by Crippen LogP contribution is -2.04. The molecule has 46 heavy (non-hydrogen) atoms. The van der Waals surface area contributed by atoms with Crippen LogP contribution in [0.15, 0.2) is 140 Å². The van der Waals surface area contributed by atoms with Crippen molar-refractivity contribution >= 4 is 75.1 Å². The van der Waals surface area contributed by atoms with Gasteiger partial charge in [-0.25, -0.2) is 9.97 Å². The van der Waals surface area contributed by atoms with E-state index in [0.29, 0.717) is 0 Å². The number of hydrogen-bond acceptors (Lipinski definition) is 3. The third-order valence-electron chi connectivity index (χ3n) is 9.73. The minimum absolute atomic E-state index is 0.853. The summed E-state index contributed by atoms with van der Waals surface area (Å²) in [5, 5.41) is 7.61. The monoisotopic (exact) mass is 601 g/mol. The first-order chi connectivity index (χ1) is 22.8. The Hall–Kier alpha value is -5.84. The maximum atomic E-state index is 5.45. The summed E-state index contributed by atoms with van der Waals surface area (Å²) < 4.78 is 4.89. The van der Waals surface area contributed by atoms with Crippen LogP contribution in [0.25, 0.3) is 103 Å². The lowest BCUT2D eigenvalue weighted by molar-refractivity contribution is 1.08. The predicted molar refractivity (Wildman–Crippen MR) is 194 cm³/mol. The number of hydrogen-bond donors (Lipinski definition) is 0. The van der Waals surface area contributed by atoms with Crippen LogP contribution in [0, 0.1) is 0 Å². The summed E-state index contributed by atoms with van der Waals surface area (Å²) in [5.74, 6) is 0.853. The van der Waals surface area contributed by atoms with E-state index >= 15 is 0 Å². The average molecular weight is 602 g/mol. The SMILES string of the molecule is c1ccc2c(c1)-c1cccc3ccc4c(c13)c1c-2cccc1n4-c1nc2ccccc2nc1-c1cccc2c1sc1ccccc12. The highest BCUT2D eigenvalue weighted by atomic mass is 32.1. The van der Waals surface area contributed by atoms with Crippen molar-refractivity contribution in [3.05, 3.63) is 140 Å². The zero-order valence-electron chi connectivity index (χ0n) is 24.5. The summed E-state index contributed by atoms with van der Waals surface area (Å²) in [6, 6.07) is 50.3. The molecular formula is C42H23N3S. The molecule has 0 atom stereocenters. The lowest BCUT2D eigenvalue weighted by Gasteiger charge is -2.16. The van der Waals surface area contributed by atoms with E-state index in [0.717, 1.165) is 39.1 Å². The molecule has 3 heterocycles. The van der Waals surface area contributed by atoms with Crippen LogP contribution in [0.5, 0.6) is 0 Å². The highest BCUT2D eigenvalue weighted by molar-refractivity contribution is 7.26. The van der Waals surface area contributed by atoms with E-state index in [4.69, 9.17) is 9.97 Å². The molecule has 0 amide bonds.